The van der Waals surface area contributed by atoms with Gasteiger partial charge in [0.15, 0.2) is 0 Å². The molecule has 2 aromatic rings. The minimum atomic E-state index is -1.08. The smallest absolute Gasteiger partial charge is 0.321 e. The van der Waals surface area contributed by atoms with Gasteiger partial charge in [-0.25, -0.2) is 4.68 Å². The van der Waals surface area contributed by atoms with Crippen LogP contribution in [0.3, 0.4) is 0 Å². The minimum absolute atomic E-state index is 0.185. The number of carbonyl (C=O) groups is 1. The molecule has 0 saturated heterocycles. The van der Waals surface area contributed by atoms with Crippen LogP contribution in [0.2, 0.25) is 0 Å². The van der Waals surface area contributed by atoms with Crippen molar-refractivity contribution in [2.45, 2.75) is 30.5 Å². The summed E-state index contributed by atoms with van der Waals surface area (Å²) in [6, 6.07) is 5.90. The number of benzene rings is 1. The predicted octanol–water partition coefficient (Wildman–Crippen LogP) is 0.673. The third kappa shape index (κ3) is 3.22. The van der Waals surface area contributed by atoms with Crippen molar-refractivity contribution in [3.8, 4) is 0 Å². The highest BCUT2D eigenvalue weighted by molar-refractivity contribution is 7.99. The average Bonchev–Trinajstić information content (AvgIpc) is 2.46. The molecule has 0 radical (unpaired) electrons. The van der Waals surface area contributed by atoms with Gasteiger partial charge in [-0.2, -0.15) is 0 Å². The Morgan fingerprint density at radius 3 is 2.81 bits per heavy atom. The van der Waals surface area contributed by atoms with E-state index in [4.69, 9.17) is 10.8 Å². The lowest BCUT2D eigenvalue weighted by atomic mass is 10.1. The molecular formula is C13H16N4O3S. The van der Waals surface area contributed by atoms with E-state index in [1.165, 1.54) is 16.4 Å². The molecular weight excluding hydrogens is 292 g/mol. The number of nitrogens with two attached hydrogens (primary N) is 1. The summed E-state index contributed by atoms with van der Waals surface area (Å²) in [7, 11) is 0. The van der Waals surface area contributed by atoms with Gasteiger partial charge in [-0.1, -0.05) is 17.3 Å². The van der Waals surface area contributed by atoms with Crippen LogP contribution >= 0.6 is 11.8 Å². The second-order valence-electron chi connectivity index (χ2n) is 5.10. The van der Waals surface area contributed by atoms with E-state index in [-0.39, 0.29) is 11.4 Å². The Balaban J connectivity index is 2.23. The molecule has 8 heteroatoms. The molecule has 0 saturated carbocycles. The van der Waals surface area contributed by atoms with E-state index in [2.05, 4.69) is 10.3 Å². The first-order chi connectivity index (χ1) is 9.83. The van der Waals surface area contributed by atoms with Crippen molar-refractivity contribution in [3.05, 3.63) is 34.6 Å². The van der Waals surface area contributed by atoms with Crippen molar-refractivity contribution in [3.63, 3.8) is 0 Å². The largest absolute Gasteiger partial charge is 0.480 e. The van der Waals surface area contributed by atoms with Gasteiger partial charge in [0.2, 0.25) is 0 Å². The molecule has 1 heterocycles. The van der Waals surface area contributed by atoms with Crippen molar-refractivity contribution in [1.29, 1.82) is 0 Å². The molecule has 21 heavy (non-hydrogen) atoms. The molecule has 0 fully saturated rings. The number of carboxylic acid groups (broad SMARTS) is 1. The lowest BCUT2D eigenvalue weighted by Gasteiger charge is -2.27. The van der Waals surface area contributed by atoms with Crippen LogP contribution in [0.25, 0.3) is 10.9 Å². The lowest BCUT2D eigenvalue weighted by Crippen LogP contribution is -2.47. The number of nitrogens with zero attached hydrogens (tertiary/aromatic N) is 3. The van der Waals surface area contributed by atoms with Crippen LogP contribution in [0.5, 0.6) is 0 Å². The van der Waals surface area contributed by atoms with E-state index < -0.39 is 16.8 Å². The first-order valence-electron chi connectivity index (χ1n) is 6.28. The van der Waals surface area contributed by atoms with Gasteiger partial charge in [0, 0.05) is 4.75 Å². The maximum atomic E-state index is 12.2. The fourth-order valence-corrected chi connectivity index (χ4v) is 2.63. The summed E-state index contributed by atoms with van der Waals surface area (Å²) in [6.45, 7) is 3.44. The second kappa shape index (κ2) is 5.82. The monoisotopic (exact) mass is 308 g/mol. The Labute approximate surface area is 125 Å². The number of hydrogen-bond acceptors (Lipinski definition) is 6. The Bertz CT molecular complexity index is 729. The Morgan fingerprint density at radius 1 is 1.48 bits per heavy atom. The van der Waals surface area contributed by atoms with E-state index in [1.807, 2.05) is 0 Å². The summed E-state index contributed by atoms with van der Waals surface area (Å²) >= 11 is 1.25. The lowest BCUT2D eigenvalue weighted by molar-refractivity contribution is -0.139. The van der Waals surface area contributed by atoms with Gasteiger partial charge < -0.3 is 10.8 Å². The molecule has 3 N–H and O–H groups in total. The van der Waals surface area contributed by atoms with Crippen molar-refractivity contribution in [2.24, 2.45) is 5.73 Å². The van der Waals surface area contributed by atoms with Crippen LogP contribution < -0.4 is 11.3 Å². The molecule has 112 valence electrons. The summed E-state index contributed by atoms with van der Waals surface area (Å²) in [5.74, 6) is -0.894. The third-order valence-electron chi connectivity index (χ3n) is 3.20. The van der Waals surface area contributed by atoms with Crippen LogP contribution in [0.15, 0.2) is 29.1 Å². The van der Waals surface area contributed by atoms with Gasteiger partial charge in [0.1, 0.15) is 11.6 Å². The average molecular weight is 308 g/mol. The van der Waals surface area contributed by atoms with Crippen LogP contribution in [-0.2, 0) is 10.7 Å². The van der Waals surface area contributed by atoms with Crippen LogP contribution in [0.1, 0.15) is 13.8 Å². The summed E-state index contributed by atoms with van der Waals surface area (Å²) in [5, 5.41) is 17.3. The number of aliphatic carboxylic acids is 1. The zero-order valence-electron chi connectivity index (χ0n) is 11.7. The van der Waals surface area contributed by atoms with Gasteiger partial charge in [0.05, 0.1) is 11.3 Å². The van der Waals surface area contributed by atoms with Gasteiger partial charge in [-0.3, -0.25) is 9.59 Å². The molecule has 0 unspecified atom stereocenters. The maximum absolute atomic E-state index is 12.2. The van der Waals surface area contributed by atoms with E-state index in [9.17, 15) is 9.59 Å². The molecule has 0 aliphatic carbocycles. The normalized spacial score (nSPS) is 13.3. The van der Waals surface area contributed by atoms with E-state index in [1.54, 1.807) is 38.1 Å². The fraction of sp³-hybridized carbons (Fsp3) is 0.385. The number of fused-ring (bicyclic) bond motifs is 1. The Kier molecular flexibility index (Phi) is 4.29. The quantitative estimate of drug-likeness (QED) is 0.835. The Morgan fingerprint density at radius 2 is 2.14 bits per heavy atom. The molecule has 1 atom stereocenters. The number of thioether (sulfide) groups is 1. The van der Waals surface area contributed by atoms with E-state index >= 15 is 0 Å². The van der Waals surface area contributed by atoms with Crippen LogP contribution in [0.4, 0.5) is 0 Å². The standard InChI is InChI=1S/C13H16N4O3S/c1-13(2,10(14)12(19)20)21-7-17-11(18)8-5-3-4-6-9(8)15-16-17/h3-6,10H,7,14H2,1-2H3,(H,19,20)/t10-/m0/s1. The number of aromatic nitrogens is 3. The molecule has 7 nitrogen and oxygen atoms in total. The SMILES string of the molecule is CC(C)(SCn1nnc2ccccc2c1=O)[C@@H](N)C(=O)O. The van der Waals surface area contributed by atoms with Crippen molar-refractivity contribution in [2.75, 3.05) is 0 Å². The van der Waals surface area contributed by atoms with Crippen LogP contribution in [0, 0.1) is 0 Å². The molecule has 0 aliphatic rings. The van der Waals surface area contributed by atoms with Gasteiger partial charge in [0.25, 0.3) is 5.56 Å². The number of hydrogen-bond donors (Lipinski definition) is 2. The van der Waals surface area contributed by atoms with Gasteiger partial charge >= 0.3 is 5.97 Å². The third-order valence-corrected chi connectivity index (χ3v) is 4.57. The van der Waals surface area contributed by atoms with E-state index in [0.717, 1.165) is 0 Å². The molecule has 2 rings (SSSR count). The summed E-state index contributed by atoms with van der Waals surface area (Å²) < 4.78 is 0.474. The molecule has 0 aliphatic heterocycles. The zero-order valence-corrected chi connectivity index (χ0v) is 12.5. The molecule has 1 aromatic heterocycles. The van der Waals surface area contributed by atoms with Crippen molar-refractivity contribution >= 4 is 28.6 Å². The first-order valence-corrected chi connectivity index (χ1v) is 7.26. The first kappa shape index (κ1) is 15.5. The number of rotatable bonds is 5. The zero-order chi connectivity index (χ0) is 15.6. The molecule has 0 spiro atoms. The summed E-state index contributed by atoms with van der Waals surface area (Å²) in [4.78, 5) is 23.2. The topological polar surface area (TPSA) is 111 Å². The Hall–Kier alpha value is -1.93. The van der Waals surface area contributed by atoms with Crippen LogP contribution in [-0.4, -0.2) is 36.9 Å². The minimum Gasteiger partial charge on any atom is -0.480 e. The molecule has 0 amide bonds. The van der Waals surface area contributed by atoms with E-state index in [0.29, 0.717) is 10.9 Å². The van der Waals surface area contributed by atoms with Gasteiger partial charge in [-0.05, 0) is 26.0 Å². The molecule has 1 aromatic carbocycles. The summed E-state index contributed by atoms with van der Waals surface area (Å²) in [5.41, 5.74) is 5.92. The van der Waals surface area contributed by atoms with Gasteiger partial charge in [-0.15, -0.1) is 16.9 Å². The van der Waals surface area contributed by atoms with Crippen molar-refractivity contribution < 1.29 is 9.90 Å². The van der Waals surface area contributed by atoms with Crippen molar-refractivity contribution in [1.82, 2.24) is 15.0 Å². The fourth-order valence-electron chi connectivity index (χ4n) is 1.72. The highest BCUT2D eigenvalue weighted by atomic mass is 32.2. The predicted molar refractivity (Wildman–Crippen MR) is 81.1 cm³/mol. The highest BCUT2D eigenvalue weighted by Gasteiger charge is 2.32. The number of carboxylic acids is 1. The highest BCUT2D eigenvalue weighted by Crippen LogP contribution is 2.28. The summed E-state index contributed by atoms with van der Waals surface area (Å²) in [6.07, 6.45) is 0. The molecule has 0 bridgehead atoms. The maximum Gasteiger partial charge on any atom is 0.321 e. The second-order valence-corrected chi connectivity index (χ2v) is 6.70.